The van der Waals surface area contributed by atoms with E-state index in [2.05, 4.69) is 32.2 Å². The Hall–Kier alpha value is -2.37. The van der Waals surface area contributed by atoms with Crippen molar-refractivity contribution in [3.8, 4) is 0 Å². The first-order chi connectivity index (χ1) is 8.79. The summed E-state index contributed by atoms with van der Waals surface area (Å²) in [5.74, 6) is 0.738. The minimum atomic E-state index is -0.316. The van der Waals surface area contributed by atoms with Crippen molar-refractivity contribution >= 4 is 17.5 Å². The van der Waals surface area contributed by atoms with E-state index in [1.54, 1.807) is 18.2 Å². The van der Waals surface area contributed by atoms with Crippen LogP contribution < -0.4 is 10.6 Å². The SMILES string of the molecule is CCCNc1cccc(C(=O)Nc2ccon2)n1. The third kappa shape index (κ3) is 3.07. The van der Waals surface area contributed by atoms with Crippen LogP contribution in [0.15, 0.2) is 35.1 Å². The Morgan fingerprint density at radius 3 is 2.94 bits per heavy atom. The first-order valence-electron chi connectivity index (χ1n) is 5.72. The van der Waals surface area contributed by atoms with Gasteiger partial charge in [0.2, 0.25) is 0 Å². The maximum Gasteiger partial charge on any atom is 0.275 e. The van der Waals surface area contributed by atoms with Crippen molar-refractivity contribution in [3.63, 3.8) is 0 Å². The molecule has 0 aliphatic carbocycles. The summed E-state index contributed by atoms with van der Waals surface area (Å²) in [6.07, 6.45) is 2.39. The summed E-state index contributed by atoms with van der Waals surface area (Å²) in [5, 5.41) is 9.31. The zero-order chi connectivity index (χ0) is 12.8. The van der Waals surface area contributed by atoms with E-state index in [0.29, 0.717) is 17.3 Å². The maximum absolute atomic E-state index is 11.9. The van der Waals surface area contributed by atoms with E-state index in [1.165, 1.54) is 6.26 Å². The molecule has 2 rings (SSSR count). The lowest BCUT2D eigenvalue weighted by atomic mass is 10.3. The molecule has 2 aromatic heterocycles. The van der Waals surface area contributed by atoms with Crippen LogP contribution >= 0.6 is 0 Å². The van der Waals surface area contributed by atoms with Crippen molar-refractivity contribution in [2.75, 3.05) is 17.2 Å². The topological polar surface area (TPSA) is 80.0 Å². The molecule has 0 aliphatic heterocycles. The van der Waals surface area contributed by atoms with Crippen molar-refractivity contribution in [3.05, 3.63) is 36.2 Å². The van der Waals surface area contributed by atoms with E-state index in [9.17, 15) is 4.79 Å². The predicted molar refractivity (Wildman–Crippen MR) is 67.5 cm³/mol. The van der Waals surface area contributed by atoms with E-state index in [4.69, 9.17) is 0 Å². The molecule has 0 aromatic carbocycles. The van der Waals surface area contributed by atoms with Crippen LogP contribution in [0.5, 0.6) is 0 Å². The number of nitrogens with one attached hydrogen (secondary N) is 2. The van der Waals surface area contributed by atoms with Gasteiger partial charge in [0.1, 0.15) is 17.8 Å². The second-order valence-corrected chi connectivity index (χ2v) is 3.67. The fourth-order valence-corrected chi connectivity index (χ4v) is 1.37. The highest BCUT2D eigenvalue weighted by Crippen LogP contribution is 2.08. The Kier molecular flexibility index (Phi) is 3.90. The van der Waals surface area contributed by atoms with Crippen LogP contribution in [-0.2, 0) is 0 Å². The minimum absolute atomic E-state index is 0.316. The molecule has 0 radical (unpaired) electrons. The monoisotopic (exact) mass is 246 g/mol. The van der Waals surface area contributed by atoms with Crippen molar-refractivity contribution in [2.45, 2.75) is 13.3 Å². The number of amides is 1. The van der Waals surface area contributed by atoms with Gasteiger partial charge >= 0.3 is 0 Å². The number of rotatable bonds is 5. The van der Waals surface area contributed by atoms with Crippen molar-refractivity contribution in [1.82, 2.24) is 10.1 Å². The van der Waals surface area contributed by atoms with Crippen molar-refractivity contribution < 1.29 is 9.32 Å². The van der Waals surface area contributed by atoms with Crippen molar-refractivity contribution in [2.24, 2.45) is 0 Å². The average Bonchev–Trinajstić information content (AvgIpc) is 2.89. The number of aromatic nitrogens is 2. The number of pyridine rings is 1. The van der Waals surface area contributed by atoms with E-state index >= 15 is 0 Å². The second kappa shape index (κ2) is 5.81. The summed E-state index contributed by atoms with van der Waals surface area (Å²) < 4.78 is 4.63. The number of hydrogen-bond acceptors (Lipinski definition) is 5. The molecule has 0 fully saturated rings. The van der Waals surface area contributed by atoms with Crippen LogP contribution in [0.4, 0.5) is 11.6 Å². The molecule has 0 saturated heterocycles. The summed E-state index contributed by atoms with van der Waals surface area (Å²) >= 11 is 0. The van der Waals surface area contributed by atoms with Crippen molar-refractivity contribution in [1.29, 1.82) is 0 Å². The van der Waals surface area contributed by atoms with E-state index in [0.717, 1.165) is 13.0 Å². The molecule has 2 N–H and O–H groups in total. The summed E-state index contributed by atoms with van der Waals surface area (Å²) in [4.78, 5) is 16.1. The summed E-state index contributed by atoms with van der Waals surface area (Å²) in [7, 11) is 0. The van der Waals surface area contributed by atoms with Gasteiger partial charge in [-0.25, -0.2) is 4.98 Å². The number of carbonyl (C=O) groups is 1. The number of hydrogen-bond donors (Lipinski definition) is 2. The van der Waals surface area contributed by atoms with Gasteiger partial charge in [-0.1, -0.05) is 18.1 Å². The fraction of sp³-hybridized carbons (Fsp3) is 0.250. The molecule has 18 heavy (non-hydrogen) atoms. The normalized spacial score (nSPS) is 10.1. The lowest BCUT2D eigenvalue weighted by Gasteiger charge is -2.05. The van der Waals surface area contributed by atoms with Gasteiger partial charge in [-0.3, -0.25) is 4.79 Å². The summed E-state index contributed by atoms with van der Waals surface area (Å²) in [5.41, 5.74) is 0.333. The van der Waals surface area contributed by atoms with Gasteiger partial charge < -0.3 is 15.2 Å². The Bertz CT molecular complexity index is 511. The van der Waals surface area contributed by atoms with Crippen LogP contribution in [0.25, 0.3) is 0 Å². The Balaban J connectivity index is 2.05. The lowest BCUT2D eigenvalue weighted by molar-refractivity contribution is 0.102. The quantitative estimate of drug-likeness (QED) is 0.844. The smallest absolute Gasteiger partial charge is 0.275 e. The number of carbonyl (C=O) groups excluding carboxylic acids is 1. The highest BCUT2D eigenvalue weighted by molar-refractivity contribution is 6.02. The Labute approximate surface area is 104 Å². The zero-order valence-electron chi connectivity index (χ0n) is 10.0. The van der Waals surface area contributed by atoms with Crippen LogP contribution in [-0.4, -0.2) is 22.6 Å². The van der Waals surface area contributed by atoms with Gasteiger partial charge in [0.25, 0.3) is 5.91 Å². The molecule has 2 heterocycles. The van der Waals surface area contributed by atoms with Crippen LogP contribution in [0.1, 0.15) is 23.8 Å². The zero-order valence-corrected chi connectivity index (χ0v) is 10.0. The van der Waals surface area contributed by atoms with E-state index in [1.807, 2.05) is 6.07 Å². The van der Waals surface area contributed by atoms with E-state index < -0.39 is 0 Å². The van der Waals surface area contributed by atoms with Gasteiger partial charge in [0.15, 0.2) is 5.82 Å². The van der Waals surface area contributed by atoms with E-state index in [-0.39, 0.29) is 5.91 Å². The largest absolute Gasteiger partial charge is 0.370 e. The summed E-state index contributed by atoms with van der Waals surface area (Å²) in [6.45, 7) is 2.88. The van der Waals surface area contributed by atoms with Gasteiger partial charge in [-0.2, -0.15) is 0 Å². The first-order valence-corrected chi connectivity index (χ1v) is 5.72. The maximum atomic E-state index is 11.9. The third-order valence-corrected chi connectivity index (χ3v) is 2.22. The number of nitrogens with zero attached hydrogens (tertiary/aromatic N) is 2. The first kappa shape index (κ1) is 12.1. The molecular formula is C12H14N4O2. The Morgan fingerprint density at radius 1 is 1.33 bits per heavy atom. The molecule has 0 atom stereocenters. The second-order valence-electron chi connectivity index (χ2n) is 3.67. The molecule has 0 unspecified atom stereocenters. The molecule has 6 heteroatoms. The molecule has 94 valence electrons. The third-order valence-electron chi connectivity index (χ3n) is 2.22. The van der Waals surface area contributed by atoms with Crippen LogP contribution in [0.2, 0.25) is 0 Å². The fourth-order valence-electron chi connectivity index (χ4n) is 1.37. The molecular weight excluding hydrogens is 232 g/mol. The minimum Gasteiger partial charge on any atom is -0.370 e. The Morgan fingerprint density at radius 2 is 2.22 bits per heavy atom. The molecule has 0 saturated carbocycles. The average molecular weight is 246 g/mol. The van der Waals surface area contributed by atoms with Gasteiger partial charge in [0.05, 0.1) is 0 Å². The molecule has 1 amide bonds. The molecule has 0 spiro atoms. The molecule has 6 nitrogen and oxygen atoms in total. The van der Waals surface area contributed by atoms with Crippen LogP contribution in [0.3, 0.4) is 0 Å². The number of anilines is 2. The molecule has 0 aliphatic rings. The molecule has 0 bridgehead atoms. The highest BCUT2D eigenvalue weighted by Gasteiger charge is 2.09. The van der Waals surface area contributed by atoms with Crippen LogP contribution in [0, 0.1) is 0 Å². The molecule has 2 aromatic rings. The van der Waals surface area contributed by atoms with Gasteiger partial charge in [0, 0.05) is 12.6 Å². The lowest BCUT2D eigenvalue weighted by Crippen LogP contribution is -2.14. The van der Waals surface area contributed by atoms with Gasteiger partial charge in [-0.15, -0.1) is 0 Å². The standard InChI is InChI=1S/C12H14N4O2/c1-2-7-13-10-5-3-4-9(14-10)12(17)15-11-6-8-18-16-11/h3-6,8H,2,7H2,1H3,(H,13,14)(H,15,16,17). The summed E-state index contributed by atoms with van der Waals surface area (Å²) in [6, 6.07) is 6.81. The highest BCUT2D eigenvalue weighted by atomic mass is 16.5. The predicted octanol–water partition coefficient (Wildman–Crippen LogP) is 2.14. The van der Waals surface area contributed by atoms with Gasteiger partial charge in [-0.05, 0) is 18.6 Å².